The van der Waals surface area contributed by atoms with Crippen LogP contribution in [-0.4, -0.2) is 92.8 Å². The van der Waals surface area contributed by atoms with Crippen molar-refractivity contribution < 1.29 is 14.9 Å². The Balaban J connectivity index is 1.60. The van der Waals surface area contributed by atoms with Crippen molar-refractivity contribution in [1.29, 1.82) is 0 Å². The predicted molar refractivity (Wildman–Crippen MR) is 101 cm³/mol. The summed E-state index contributed by atoms with van der Waals surface area (Å²) in [5, 5.41) is 19.0. The van der Waals surface area contributed by atoms with Crippen LogP contribution in [0.3, 0.4) is 0 Å². The van der Waals surface area contributed by atoms with Crippen molar-refractivity contribution in [3.05, 3.63) is 12.7 Å². The average Bonchev–Trinajstić information content (AvgIpc) is 3.02. The first-order valence-electron chi connectivity index (χ1n) is 9.43. The number of nitrogens with zero attached hydrogens (tertiary/aromatic N) is 6. The molecule has 2 fully saturated rings. The normalized spacial score (nSPS) is 22.1. The molecular weight excluding hydrogens is 348 g/mol. The Morgan fingerprint density at radius 2 is 1.96 bits per heavy atom. The van der Waals surface area contributed by atoms with Crippen LogP contribution < -0.4 is 4.90 Å². The summed E-state index contributed by atoms with van der Waals surface area (Å²) in [7, 11) is 0. The minimum absolute atomic E-state index is 0.0644. The van der Waals surface area contributed by atoms with Crippen LogP contribution in [0.1, 0.15) is 13.8 Å². The third-order valence-electron chi connectivity index (χ3n) is 5.78. The van der Waals surface area contributed by atoms with Crippen molar-refractivity contribution in [3.8, 4) is 0 Å². The molecule has 0 radical (unpaired) electrons. The van der Waals surface area contributed by atoms with Crippen LogP contribution in [-0.2, 0) is 11.3 Å². The highest BCUT2D eigenvalue weighted by Gasteiger charge is 2.39. The Bertz CT molecular complexity index is 798. The quantitative estimate of drug-likeness (QED) is 0.711. The maximum atomic E-state index is 9.71. The van der Waals surface area contributed by atoms with E-state index in [1.807, 2.05) is 4.57 Å². The molecule has 0 spiro atoms. The lowest BCUT2D eigenvalue weighted by Crippen LogP contribution is -2.60. The molecule has 4 heterocycles. The number of rotatable bonds is 6. The summed E-state index contributed by atoms with van der Waals surface area (Å²) >= 11 is 0. The molecule has 0 saturated carbocycles. The summed E-state index contributed by atoms with van der Waals surface area (Å²) in [6.45, 7) is 9.56. The van der Waals surface area contributed by atoms with Gasteiger partial charge in [0.2, 0.25) is 0 Å². The number of fused-ring (bicyclic) bond motifs is 1. The zero-order chi connectivity index (χ0) is 19.1. The molecule has 9 nitrogen and oxygen atoms in total. The lowest BCUT2D eigenvalue weighted by molar-refractivity contribution is -0.144. The summed E-state index contributed by atoms with van der Waals surface area (Å²) in [6.07, 6.45) is 3.37. The van der Waals surface area contributed by atoms with Gasteiger partial charge in [-0.3, -0.25) is 4.90 Å². The number of ether oxygens (including phenoxy) is 1. The Labute approximate surface area is 158 Å². The van der Waals surface area contributed by atoms with Crippen LogP contribution in [0.4, 0.5) is 5.82 Å². The van der Waals surface area contributed by atoms with Gasteiger partial charge in [0.05, 0.1) is 38.2 Å². The lowest BCUT2D eigenvalue weighted by Gasteiger charge is -2.47. The number of β-amino-alcohol motifs (C(OH)–C–C–N with tert-alkyl or cyclic N) is 1. The summed E-state index contributed by atoms with van der Waals surface area (Å²) in [5.74, 6) is 0.846. The van der Waals surface area contributed by atoms with Crippen LogP contribution in [0.5, 0.6) is 0 Å². The number of imidazole rings is 1. The van der Waals surface area contributed by atoms with E-state index in [2.05, 4.69) is 38.6 Å². The van der Waals surface area contributed by atoms with E-state index >= 15 is 0 Å². The molecule has 148 valence electrons. The maximum Gasteiger partial charge on any atom is 0.165 e. The molecule has 0 aromatic carbocycles. The largest absolute Gasteiger partial charge is 0.396 e. The predicted octanol–water partition coefficient (Wildman–Crippen LogP) is -0.272. The third-order valence-corrected chi connectivity index (χ3v) is 5.78. The van der Waals surface area contributed by atoms with Crippen molar-refractivity contribution in [1.82, 2.24) is 24.4 Å². The molecule has 2 aliphatic rings. The first kappa shape index (κ1) is 18.5. The molecule has 2 aliphatic heterocycles. The molecule has 4 rings (SSSR count). The van der Waals surface area contributed by atoms with Gasteiger partial charge in [0.1, 0.15) is 6.33 Å². The SMILES string of the molecule is CC1(C)CN(c2ncnc3c2ncn3CC2(CO)COC2)CCN1CCO. The molecule has 0 aliphatic carbocycles. The number of hydrogen-bond donors (Lipinski definition) is 2. The average molecular weight is 376 g/mol. The Hall–Kier alpha value is -1.81. The van der Waals surface area contributed by atoms with Gasteiger partial charge in [0.25, 0.3) is 0 Å². The number of anilines is 1. The second-order valence-electron chi connectivity index (χ2n) is 8.34. The summed E-state index contributed by atoms with van der Waals surface area (Å²) in [4.78, 5) is 18.1. The fraction of sp³-hybridized carbons (Fsp3) is 0.722. The fourth-order valence-corrected chi connectivity index (χ4v) is 4.11. The second-order valence-corrected chi connectivity index (χ2v) is 8.34. The van der Waals surface area contributed by atoms with Crippen molar-refractivity contribution in [3.63, 3.8) is 0 Å². The Kier molecular flexibility index (Phi) is 4.79. The van der Waals surface area contributed by atoms with Gasteiger partial charge in [-0.25, -0.2) is 15.0 Å². The Morgan fingerprint density at radius 3 is 2.59 bits per heavy atom. The summed E-state index contributed by atoms with van der Waals surface area (Å²) < 4.78 is 7.30. The first-order valence-corrected chi connectivity index (χ1v) is 9.43. The topological polar surface area (TPSA) is 99.8 Å². The van der Waals surface area contributed by atoms with E-state index in [1.54, 1.807) is 12.7 Å². The molecule has 0 amide bonds. The van der Waals surface area contributed by atoms with Crippen molar-refractivity contribution in [2.24, 2.45) is 5.41 Å². The minimum atomic E-state index is -0.239. The molecule has 2 saturated heterocycles. The van der Waals surface area contributed by atoms with Crippen molar-refractivity contribution in [2.75, 3.05) is 57.5 Å². The van der Waals surface area contributed by atoms with E-state index in [0.717, 1.165) is 36.6 Å². The number of piperazine rings is 1. The standard InChI is InChI=1S/C18H28N6O3/c1-17(2)7-22(3-4-24(17)5-6-25)15-14-16(20-12-19-15)23(13-21-14)8-18(9-26)10-27-11-18/h12-13,25-26H,3-11H2,1-2H3. The highest BCUT2D eigenvalue weighted by Crippen LogP contribution is 2.32. The summed E-state index contributed by atoms with van der Waals surface area (Å²) in [5.41, 5.74) is 1.27. The smallest absolute Gasteiger partial charge is 0.165 e. The van der Waals surface area contributed by atoms with Gasteiger partial charge < -0.3 is 24.4 Å². The first-order chi connectivity index (χ1) is 13.0. The van der Waals surface area contributed by atoms with E-state index < -0.39 is 0 Å². The molecule has 2 aromatic rings. The van der Waals surface area contributed by atoms with Crippen molar-refractivity contribution >= 4 is 17.0 Å². The fourth-order valence-electron chi connectivity index (χ4n) is 4.11. The van der Waals surface area contributed by atoms with E-state index in [-0.39, 0.29) is 24.2 Å². The maximum absolute atomic E-state index is 9.71. The van der Waals surface area contributed by atoms with Gasteiger partial charge in [-0.2, -0.15) is 0 Å². The van der Waals surface area contributed by atoms with E-state index in [4.69, 9.17) is 4.74 Å². The second kappa shape index (κ2) is 6.97. The van der Waals surface area contributed by atoms with Gasteiger partial charge in [0, 0.05) is 38.3 Å². The van der Waals surface area contributed by atoms with Crippen LogP contribution in [0.25, 0.3) is 11.2 Å². The molecule has 9 heteroatoms. The van der Waals surface area contributed by atoms with Crippen LogP contribution >= 0.6 is 0 Å². The molecule has 2 aromatic heterocycles. The highest BCUT2D eigenvalue weighted by molar-refractivity contribution is 5.83. The lowest BCUT2D eigenvalue weighted by atomic mass is 9.87. The molecule has 0 unspecified atom stereocenters. The number of aliphatic hydroxyl groups is 2. The van der Waals surface area contributed by atoms with E-state index in [1.165, 1.54) is 0 Å². The van der Waals surface area contributed by atoms with Crippen LogP contribution in [0.15, 0.2) is 12.7 Å². The number of aliphatic hydroxyl groups excluding tert-OH is 2. The van der Waals surface area contributed by atoms with Crippen molar-refractivity contribution in [2.45, 2.75) is 25.9 Å². The minimum Gasteiger partial charge on any atom is -0.396 e. The van der Waals surface area contributed by atoms with Gasteiger partial charge >= 0.3 is 0 Å². The van der Waals surface area contributed by atoms with Gasteiger partial charge in [-0.05, 0) is 13.8 Å². The third kappa shape index (κ3) is 3.29. The van der Waals surface area contributed by atoms with E-state index in [0.29, 0.717) is 26.3 Å². The molecular formula is C18H28N6O3. The van der Waals surface area contributed by atoms with E-state index in [9.17, 15) is 10.2 Å². The zero-order valence-electron chi connectivity index (χ0n) is 16.0. The Morgan fingerprint density at radius 1 is 1.15 bits per heavy atom. The molecule has 2 N–H and O–H groups in total. The number of aromatic nitrogens is 4. The van der Waals surface area contributed by atoms with Crippen LogP contribution in [0.2, 0.25) is 0 Å². The number of hydrogen-bond acceptors (Lipinski definition) is 8. The van der Waals surface area contributed by atoms with Gasteiger partial charge in [-0.15, -0.1) is 0 Å². The molecule has 27 heavy (non-hydrogen) atoms. The van der Waals surface area contributed by atoms with Gasteiger partial charge in [0.15, 0.2) is 17.0 Å². The molecule has 0 atom stereocenters. The molecule has 0 bridgehead atoms. The highest BCUT2D eigenvalue weighted by atomic mass is 16.5. The van der Waals surface area contributed by atoms with Crippen LogP contribution in [0, 0.1) is 5.41 Å². The summed E-state index contributed by atoms with van der Waals surface area (Å²) in [6, 6.07) is 0. The zero-order valence-corrected chi connectivity index (χ0v) is 16.0. The van der Waals surface area contributed by atoms with Gasteiger partial charge in [-0.1, -0.05) is 0 Å². The monoisotopic (exact) mass is 376 g/mol.